The highest BCUT2D eigenvalue weighted by Crippen LogP contribution is 2.43. The number of phosphoric ester groups is 1. The molecule has 0 aliphatic heterocycles. The van der Waals surface area contributed by atoms with E-state index in [4.69, 9.17) is 13.8 Å². The molecule has 9 nitrogen and oxygen atoms in total. The van der Waals surface area contributed by atoms with Crippen LogP contribution >= 0.6 is 7.82 Å². The second kappa shape index (κ2) is 56.2. The van der Waals surface area contributed by atoms with Crippen LogP contribution in [0.5, 0.6) is 0 Å². The Morgan fingerprint density at radius 1 is 0.468 bits per heavy atom. The van der Waals surface area contributed by atoms with Crippen molar-refractivity contribution in [1.82, 2.24) is 5.32 Å². The van der Waals surface area contributed by atoms with E-state index < -0.39 is 20.0 Å². The summed E-state index contributed by atoms with van der Waals surface area (Å²) in [6, 6.07) is -0.861. The largest absolute Gasteiger partial charge is 0.472 e. The van der Waals surface area contributed by atoms with Gasteiger partial charge in [0.25, 0.3) is 0 Å². The van der Waals surface area contributed by atoms with Crippen molar-refractivity contribution in [3.8, 4) is 0 Å². The first kappa shape index (κ1) is 73.9. The number of nitrogens with zero attached hydrogens (tertiary/aromatic N) is 1. The lowest BCUT2D eigenvalue weighted by Crippen LogP contribution is -2.47. The molecule has 0 saturated heterocycles. The highest BCUT2D eigenvalue weighted by atomic mass is 31.2. The van der Waals surface area contributed by atoms with E-state index in [1.165, 1.54) is 96.3 Å². The lowest BCUT2D eigenvalue weighted by atomic mass is 10.1. The number of likely N-dealkylation sites (N-methyl/N-ethyl adjacent to an activating group) is 1. The molecule has 0 bridgehead atoms. The molecular weight excluding hydrogens is 976 g/mol. The van der Waals surface area contributed by atoms with Crippen LogP contribution in [0.3, 0.4) is 0 Å². The van der Waals surface area contributed by atoms with Crippen LogP contribution in [-0.4, -0.2) is 74.3 Å². The summed E-state index contributed by atoms with van der Waals surface area (Å²) in [5.74, 6) is -0.530. The van der Waals surface area contributed by atoms with Gasteiger partial charge in [0.15, 0.2) is 0 Å². The highest BCUT2D eigenvalue weighted by molar-refractivity contribution is 7.47. The van der Waals surface area contributed by atoms with Gasteiger partial charge in [0.05, 0.1) is 33.8 Å². The van der Waals surface area contributed by atoms with E-state index in [-0.39, 0.29) is 31.5 Å². The molecule has 0 aromatic heterocycles. The molecule has 0 radical (unpaired) electrons. The van der Waals surface area contributed by atoms with Gasteiger partial charge in [-0.05, 0) is 109 Å². The maximum atomic E-state index is 13.5. The third kappa shape index (κ3) is 57.4. The normalized spacial score (nSPS) is 14.3. The van der Waals surface area contributed by atoms with Gasteiger partial charge >= 0.3 is 13.8 Å². The van der Waals surface area contributed by atoms with Crippen molar-refractivity contribution in [3.63, 3.8) is 0 Å². The molecule has 0 rings (SSSR count). The first-order valence-corrected chi connectivity index (χ1v) is 33.1. The zero-order valence-electron chi connectivity index (χ0n) is 50.7. The van der Waals surface area contributed by atoms with E-state index in [2.05, 4.69) is 111 Å². The Morgan fingerprint density at radius 2 is 0.831 bits per heavy atom. The van der Waals surface area contributed by atoms with Crippen LogP contribution in [0.4, 0.5) is 0 Å². The number of esters is 1. The summed E-state index contributed by atoms with van der Waals surface area (Å²) < 4.78 is 30.7. The van der Waals surface area contributed by atoms with Gasteiger partial charge in [0, 0.05) is 12.8 Å². The number of rotatable bonds is 56. The summed E-state index contributed by atoms with van der Waals surface area (Å²) in [5.41, 5.74) is 0. The van der Waals surface area contributed by atoms with Gasteiger partial charge in [0.2, 0.25) is 5.91 Å². The molecule has 1 amide bonds. The number of allylic oxidation sites excluding steroid dienone is 15. The van der Waals surface area contributed by atoms with Crippen LogP contribution in [0.2, 0.25) is 0 Å². The molecule has 0 aromatic carbocycles. The van der Waals surface area contributed by atoms with Gasteiger partial charge in [0.1, 0.15) is 19.3 Å². The van der Waals surface area contributed by atoms with Gasteiger partial charge in [-0.1, -0.05) is 240 Å². The van der Waals surface area contributed by atoms with Crippen LogP contribution in [0.1, 0.15) is 265 Å². The quantitative estimate of drug-likeness (QED) is 0.0205. The van der Waals surface area contributed by atoms with Gasteiger partial charge in [-0.15, -0.1) is 0 Å². The number of hydrogen-bond acceptors (Lipinski definition) is 6. The number of carbonyl (C=O) groups excluding carboxylic acids is 2. The minimum atomic E-state index is -4.46. The Balaban J connectivity index is 5.19. The first-order valence-electron chi connectivity index (χ1n) is 31.6. The number of phosphoric acid groups is 1. The molecule has 10 heteroatoms. The molecule has 0 aliphatic carbocycles. The predicted molar refractivity (Wildman–Crippen MR) is 332 cm³/mol. The Labute approximate surface area is 475 Å². The Hall–Kier alpha value is -3.07. The maximum absolute atomic E-state index is 13.5. The van der Waals surface area contributed by atoms with Gasteiger partial charge in [-0.3, -0.25) is 18.6 Å². The Morgan fingerprint density at radius 3 is 1.27 bits per heavy atom. The lowest BCUT2D eigenvalue weighted by molar-refractivity contribution is -0.870. The fraction of sp³-hybridized carbons (Fsp3) is 0.731. The van der Waals surface area contributed by atoms with E-state index in [0.29, 0.717) is 17.4 Å². The average Bonchev–Trinajstić information content (AvgIpc) is 3.39. The summed E-state index contributed by atoms with van der Waals surface area (Å²) in [7, 11) is 1.47. The van der Waals surface area contributed by atoms with Crippen molar-refractivity contribution in [2.45, 2.75) is 277 Å². The highest BCUT2D eigenvalue weighted by Gasteiger charge is 2.30. The number of carbonyl (C=O) groups is 2. The van der Waals surface area contributed by atoms with E-state index in [0.717, 1.165) is 135 Å². The molecule has 3 atom stereocenters. The topological polar surface area (TPSA) is 111 Å². The minimum Gasteiger partial charge on any atom is -0.456 e. The second-order valence-corrected chi connectivity index (χ2v) is 23.6. The number of unbranched alkanes of at least 4 members (excludes halogenated alkanes) is 26. The fourth-order valence-corrected chi connectivity index (χ4v) is 9.38. The van der Waals surface area contributed by atoms with Crippen LogP contribution in [-0.2, 0) is 27.9 Å². The summed E-state index contributed by atoms with van der Waals surface area (Å²) in [6.07, 6.45) is 75.5. The van der Waals surface area contributed by atoms with Crippen molar-refractivity contribution in [2.24, 2.45) is 0 Å². The van der Waals surface area contributed by atoms with E-state index in [1.807, 2.05) is 33.3 Å². The molecule has 0 saturated carbocycles. The van der Waals surface area contributed by atoms with Crippen LogP contribution in [0.15, 0.2) is 97.2 Å². The molecule has 0 aliphatic rings. The van der Waals surface area contributed by atoms with Crippen LogP contribution in [0.25, 0.3) is 0 Å². The molecule has 444 valence electrons. The van der Waals surface area contributed by atoms with Gasteiger partial charge in [-0.25, -0.2) is 4.57 Å². The molecule has 77 heavy (non-hydrogen) atoms. The fourth-order valence-electron chi connectivity index (χ4n) is 8.64. The standard InChI is InChI=1S/C67H119N2O7P/c1-7-10-13-16-19-22-25-27-29-30-31-32-33-34-35-36-37-38-40-42-45-48-51-54-57-60-67(71)76-65(58-55-52-49-46-43-24-21-18-15-12-9-3)64(63-75-77(72,73)74-62-61-69(4,5)6)68-66(70)59-56-53-50-47-44-41-39-28-26-23-20-17-14-11-8-2/h10,13,19,22-23,26-27,29,31-32,34-35,37-38,55,58,64-65H,7-9,11-12,14-18,20-21,24-25,28,30,33,36,39-54,56-57,59-63H2,1-6H3,(H-,68,70,72,73)/p+1/b13-10-,22-19-,26-23-,29-27-,32-31-,35-34-,38-37-,58-55-. The number of amides is 1. The number of ether oxygens (including phenoxy) is 1. The van der Waals surface area contributed by atoms with Gasteiger partial charge in [-0.2, -0.15) is 0 Å². The monoisotopic (exact) mass is 1100 g/mol. The van der Waals surface area contributed by atoms with E-state index in [1.54, 1.807) is 0 Å². The zero-order valence-corrected chi connectivity index (χ0v) is 51.6. The van der Waals surface area contributed by atoms with E-state index in [9.17, 15) is 19.0 Å². The smallest absolute Gasteiger partial charge is 0.456 e. The molecule has 0 heterocycles. The summed E-state index contributed by atoms with van der Waals surface area (Å²) in [4.78, 5) is 37.7. The summed E-state index contributed by atoms with van der Waals surface area (Å²) >= 11 is 0. The minimum absolute atomic E-state index is 0.0328. The van der Waals surface area contributed by atoms with Crippen LogP contribution in [0, 0.1) is 0 Å². The van der Waals surface area contributed by atoms with Crippen molar-refractivity contribution in [1.29, 1.82) is 0 Å². The van der Waals surface area contributed by atoms with Crippen molar-refractivity contribution >= 4 is 19.7 Å². The second-order valence-electron chi connectivity index (χ2n) is 22.2. The maximum Gasteiger partial charge on any atom is 0.472 e. The molecule has 0 fully saturated rings. The SMILES string of the molecule is CC/C=C\C/C=C\C/C=C\C/C=C\C/C=C\C/C=C\CCCCCCCCC(=O)OC(/C=C\CCCCCCCCCCC)C(COP(=O)(O)OCC[N+](C)(C)C)NC(=O)CCCCCCCCC/C=C\CCCCCC. The third-order valence-corrected chi connectivity index (χ3v) is 14.5. The van der Waals surface area contributed by atoms with E-state index >= 15 is 0 Å². The lowest BCUT2D eigenvalue weighted by Gasteiger charge is -2.27. The predicted octanol–water partition coefficient (Wildman–Crippen LogP) is 19.6. The molecule has 0 spiro atoms. The zero-order chi connectivity index (χ0) is 56.4. The summed E-state index contributed by atoms with van der Waals surface area (Å²) in [5, 5.41) is 3.05. The molecule has 2 N–H and O–H groups in total. The molecule has 0 aromatic rings. The van der Waals surface area contributed by atoms with Gasteiger partial charge < -0.3 is 19.4 Å². The Kier molecular flexibility index (Phi) is 54.0. The third-order valence-electron chi connectivity index (χ3n) is 13.5. The molecule has 3 unspecified atom stereocenters. The first-order chi connectivity index (χ1) is 37.4. The molecular formula is C67H120N2O7P+. The summed E-state index contributed by atoms with van der Waals surface area (Å²) in [6.45, 7) is 6.86. The average molecular weight is 1100 g/mol. The number of quaternary nitrogens is 1. The number of nitrogens with one attached hydrogen (secondary N) is 1. The number of hydrogen-bond donors (Lipinski definition) is 2. The van der Waals surface area contributed by atoms with Crippen LogP contribution < -0.4 is 5.32 Å². The van der Waals surface area contributed by atoms with Crippen molar-refractivity contribution < 1.29 is 37.3 Å². The van der Waals surface area contributed by atoms with Crippen molar-refractivity contribution in [2.75, 3.05) is 40.9 Å². The van der Waals surface area contributed by atoms with Crippen molar-refractivity contribution in [3.05, 3.63) is 97.2 Å². The Bertz CT molecular complexity index is 1640.